The largest absolute Gasteiger partial charge is 0.338 e. The molecule has 2 aliphatic rings. The monoisotopic (exact) mass is 299 g/mol. The fourth-order valence-corrected chi connectivity index (χ4v) is 3.71. The van der Waals surface area contributed by atoms with Crippen molar-refractivity contribution < 1.29 is 4.79 Å². The van der Waals surface area contributed by atoms with Crippen LogP contribution in [0.1, 0.15) is 12.5 Å². The van der Waals surface area contributed by atoms with Crippen LogP contribution in [0.25, 0.3) is 0 Å². The first kappa shape index (κ1) is 13.9. The summed E-state index contributed by atoms with van der Waals surface area (Å²) in [4.78, 5) is 15.4. The van der Waals surface area contributed by atoms with Crippen LogP contribution in [-0.4, -0.2) is 30.7 Å². The van der Waals surface area contributed by atoms with Crippen molar-refractivity contribution in [3.8, 4) is 0 Å². The first-order chi connectivity index (χ1) is 9.99. The maximum Gasteiger partial charge on any atom is 0.275 e. The molecule has 1 amide bonds. The van der Waals surface area contributed by atoms with Gasteiger partial charge in [-0.05, 0) is 37.6 Å². The number of thioether (sulfide) groups is 1. The van der Waals surface area contributed by atoms with E-state index in [-0.39, 0.29) is 5.91 Å². The number of fused-ring (bicyclic) bond motifs is 1. The number of nitrogens with zero attached hydrogens (tertiary/aromatic N) is 3. The normalized spacial score (nSPS) is 21.5. The van der Waals surface area contributed by atoms with E-state index in [1.165, 1.54) is 21.2 Å². The number of likely N-dealkylation sites (N-methyl/N-ethyl adjacent to an activating group) is 1. The molecule has 0 spiro atoms. The van der Waals surface area contributed by atoms with Gasteiger partial charge in [0, 0.05) is 19.0 Å². The number of hydrogen-bond donors (Lipinski definition) is 0. The summed E-state index contributed by atoms with van der Waals surface area (Å²) in [6.07, 6.45) is 3.86. The van der Waals surface area contributed by atoms with Gasteiger partial charge in [0.05, 0.1) is 22.0 Å². The van der Waals surface area contributed by atoms with Crippen molar-refractivity contribution in [1.82, 2.24) is 5.01 Å². The Labute approximate surface area is 128 Å². The van der Waals surface area contributed by atoms with Gasteiger partial charge in [-0.25, -0.2) is 5.01 Å². The molecule has 0 saturated carbocycles. The van der Waals surface area contributed by atoms with Crippen LogP contribution in [-0.2, 0) is 4.79 Å². The van der Waals surface area contributed by atoms with E-state index in [0.29, 0.717) is 5.57 Å². The topological polar surface area (TPSA) is 35.9 Å². The van der Waals surface area contributed by atoms with Crippen molar-refractivity contribution in [3.63, 3.8) is 0 Å². The standard InChI is InChI=1S/C16H17N3OS/c1-10-6-5-7-13-15(10)18(3)14(21-13)9-8-12-11(2)17-19(4)16(12)20/h5-9H,1-4H3. The fourth-order valence-electron chi connectivity index (χ4n) is 2.58. The van der Waals surface area contributed by atoms with Crippen molar-refractivity contribution in [3.05, 3.63) is 46.5 Å². The van der Waals surface area contributed by atoms with Gasteiger partial charge in [-0.3, -0.25) is 4.79 Å². The number of carbonyl (C=O) groups is 1. The minimum atomic E-state index is -0.0521. The summed E-state index contributed by atoms with van der Waals surface area (Å²) in [6, 6.07) is 6.31. The average Bonchev–Trinajstić information content (AvgIpc) is 2.88. The van der Waals surface area contributed by atoms with E-state index in [1.807, 2.05) is 19.1 Å². The third-order valence-corrected chi connectivity index (χ3v) is 4.86. The van der Waals surface area contributed by atoms with E-state index >= 15 is 0 Å². The molecule has 2 heterocycles. The first-order valence-corrected chi connectivity index (χ1v) is 7.57. The van der Waals surface area contributed by atoms with E-state index < -0.39 is 0 Å². The lowest BCUT2D eigenvalue weighted by atomic mass is 10.1. The quantitative estimate of drug-likeness (QED) is 0.747. The Bertz CT molecular complexity index is 718. The zero-order chi connectivity index (χ0) is 15.1. The zero-order valence-corrected chi connectivity index (χ0v) is 13.4. The number of benzene rings is 1. The highest BCUT2D eigenvalue weighted by Gasteiger charge is 2.25. The van der Waals surface area contributed by atoms with Gasteiger partial charge in [-0.15, -0.1) is 0 Å². The van der Waals surface area contributed by atoms with Crippen molar-refractivity contribution in [2.45, 2.75) is 18.7 Å². The second-order valence-corrected chi connectivity index (χ2v) is 6.24. The summed E-state index contributed by atoms with van der Waals surface area (Å²) in [5.74, 6) is -0.0521. The molecular weight excluding hydrogens is 282 g/mol. The van der Waals surface area contributed by atoms with Crippen molar-refractivity contribution in [2.24, 2.45) is 5.10 Å². The summed E-state index contributed by atoms with van der Waals surface area (Å²) in [5.41, 5.74) is 3.92. The molecule has 0 unspecified atom stereocenters. The molecule has 0 bridgehead atoms. The minimum absolute atomic E-state index is 0.0521. The number of carbonyl (C=O) groups excluding carboxylic acids is 1. The lowest BCUT2D eigenvalue weighted by molar-refractivity contribution is -0.124. The summed E-state index contributed by atoms with van der Waals surface area (Å²) in [6.45, 7) is 3.97. The Morgan fingerprint density at radius 3 is 2.57 bits per heavy atom. The lowest BCUT2D eigenvalue weighted by Gasteiger charge is -2.15. The van der Waals surface area contributed by atoms with Crippen molar-refractivity contribution in [1.29, 1.82) is 0 Å². The van der Waals surface area contributed by atoms with E-state index in [0.717, 1.165) is 10.7 Å². The van der Waals surface area contributed by atoms with Gasteiger partial charge < -0.3 is 4.90 Å². The molecule has 1 aromatic rings. The van der Waals surface area contributed by atoms with Crippen LogP contribution in [0.5, 0.6) is 0 Å². The molecule has 0 N–H and O–H groups in total. The minimum Gasteiger partial charge on any atom is -0.338 e. The molecule has 4 nitrogen and oxygen atoms in total. The van der Waals surface area contributed by atoms with Crippen LogP contribution >= 0.6 is 11.8 Å². The highest BCUT2D eigenvalue weighted by molar-refractivity contribution is 8.03. The molecule has 0 atom stereocenters. The fraction of sp³-hybridized carbons (Fsp3) is 0.250. The van der Waals surface area contributed by atoms with Crippen molar-refractivity contribution >= 4 is 29.1 Å². The third kappa shape index (κ3) is 2.27. The molecule has 108 valence electrons. The number of hydrazone groups is 1. The number of amides is 1. The van der Waals surface area contributed by atoms with Crippen LogP contribution in [0.15, 0.2) is 51.0 Å². The molecule has 2 aliphatic heterocycles. The van der Waals surface area contributed by atoms with Gasteiger partial charge in [0.1, 0.15) is 0 Å². The SMILES string of the molecule is CC1=NN(C)C(=O)C1=CC=C1Sc2cccc(C)c2N1C. The van der Waals surface area contributed by atoms with Gasteiger partial charge in [0.25, 0.3) is 5.91 Å². The first-order valence-electron chi connectivity index (χ1n) is 6.76. The average molecular weight is 299 g/mol. The lowest BCUT2D eigenvalue weighted by Crippen LogP contribution is -2.16. The molecule has 0 aliphatic carbocycles. The van der Waals surface area contributed by atoms with Crippen LogP contribution in [0, 0.1) is 6.92 Å². The smallest absolute Gasteiger partial charge is 0.275 e. The molecule has 3 rings (SSSR count). The Kier molecular flexibility index (Phi) is 3.37. The number of rotatable bonds is 1. The van der Waals surface area contributed by atoms with Gasteiger partial charge in [0.2, 0.25) is 0 Å². The van der Waals surface area contributed by atoms with E-state index in [2.05, 4.69) is 42.2 Å². The summed E-state index contributed by atoms with van der Waals surface area (Å²) >= 11 is 1.72. The summed E-state index contributed by atoms with van der Waals surface area (Å²) < 4.78 is 0. The number of aryl methyl sites for hydroxylation is 1. The molecule has 1 aromatic carbocycles. The maximum atomic E-state index is 12.0. The molecule has 0 aromatic heterocycles. The third-order valence-electron chi connectivity index (χ3n) is 3.69. The van der Waals surface area contributed by atoms with Crippen molar-refractivity contribution in [2.75, 3.05) is 19.0 Å². The Morgan fingerprint density at radius 2 is 1.95 bits per heavy atom. The zero-order valence-electron chi connectivity index (χ0n) is 12.5. The Balaban J connectivity index is 1.92. The highest BCUT2D eigenvalue weighted by atomic mass is 32.2. The van der Waals surface area contributed by atoms with E-state index in [4.69, 9.17) is 0 Å². The molecular formula is C16H17N3OS. The second-order valence-electron chi connectivity index (χ2n) is 5.18. The van der Waals surface area contributed by atoms with Crippen LogP contribution < -0.4 is 4.90 Å². The highest BCUT2D eigenvalue weighted by Crippen LogP contribution is 2.46. The van der Waals surface area contributed by atoms with Gasteiger partial charge in [-0.1, -0.05) is 23.9 Å². The molecule has 5 heteroatoms. The van der Waals surface area contributed by atoms with Gasteiger partial charge in [-0.2, -0.15) is 5.10 Å². The summed E-state index contributed by atoms with van der Waals surface area (Å²) in [7, 11) is 3.73. The van der Waals surface area contributed by atoms with Gasteiger partial charge in [0.15, 0.2) is 0 Å². The number of anilines is 1. The van der Waals surface area contributed by atoms with E-state index in [1.54, 1.807) is 18.8 Å². The molecule has 0 fully saturated rings. The van der Waals surface area contributed by atoms with Crippen LogP contribution in [0.4, 0.5) is 5.69 Å². The van der Waals surface area contributed by atoms with Crippen LogP contribution in [0.3, 0.4) is 0 Å². The molecule has 0 saturated heterocycles. The summed E-state index contributed by atoms with van der Waals surface area (Å²) in [5, 5.41) is 6.64. The predicted molar refractivity (Wildman–Crippen MR) is 87.5 cm³/mol. The van der Waals surface area contributed by atoms with Crippen LogP contribution in [0.2, 0.25) is 0 Å². The molecule has 21 heavy (non-hydrogen) atoms. The molecule has 0 radical (unpaired) electrons. The Morgan fingerprint density at radius 1 is 1.19 bits per heavy atom. The number of allylic oxidation sites excluding steroid dienone is 2. The predicted octanol–water partition coefficient (Wildman–Crippen LogP) is 3.15. The van der Waals surface area contributed by atoms with E-state index in [9.17, 15) is 4.79 Å². The Hall–Kier alpha value is -2.01. The number of hydrogen-bond acceptors (Lipinski definition) is 4. The number of para-hydroxylation sites is 1. The second kappa shape index (κ2) is 5.07. The maximum absolute atomic E-state index is 12.0. The van der Waals surface area contributed by atoms with Gasteiger partial charge >= 0.3 is 0 Å².